The van der Waals surface area contributed by atoms with E-state index in [0.29, 0.717) is 11.3 Å². The van der Waals surface area contributed by atoms with Crippen molar-refractivity contribution in [3.8, 4) is 5.75 Å². The molecule has 0 amide bonds. The Morgan fingerprint density at radius 2 is 1.90 bits per heavy atom. The third-order valence-corrected chi connectivity index (χ3v) is 3.50. The van der Waals surface area contributed by atoms with E-state index in [1.165, 1.54) is 13.2 Å². The molecule has 3 aromatic rings. The van der Waals surface area contributed by atoms with Crippen LogP contribution in [0.15, 0.2) is 54.9 Å². The van der Waals surface area contributed by atoms with Gasteiger partial charge in [-0.1, -0.05) is 30.3 Å². The number of rotatable bonds is 3. The molecule has 0 aliphatic carbocycles. The molecule has 0 saturated heterocycles. The summed E-state index contributed by atoms with van der Waals surface area (Å²) in [7, 11) is 1.45. The van der Waals surface area contributed by atoms with E-state index in [9.17, 15) is 9.50 Å². The molecule has 0 spiro atoms. The third kappa shape index (κ3) is 2.34. The second-order valence-corrected chi connectivity index (χ2v) is 4.71. The second kappa shape index (κ2) is 5.50. The van der Waals surface area contributed by atoms with Crippen LogP contribution >= 0.6 is 0 Å². The van der Waals surface area contributed by atoms with Crippen molar-refractivity contribution in [2.75, 3.05) is 7.11 Å². The van der Waals surface area contributed by atoms with E-state index in [2.05, 4.69) is 4.98 Å². The molecule has 21 heavy (non-hydrogen) atoms. The first-order chi connectivity index (χ1) is 10.2. The zero-order chi connectivity index (χ0) is 14.8. The van der Waals surface area contributed by atoms with Crippen molar-refractivity contribution in [1.29, 1.82) is 0 Å². The van der Waals surface area contributed by atoms with Gasteiger partial charge in [-0.3, -0.25) is 4.98 Å². The minimum absolute atomic E-state index is 0.123. The minimum atomic E-state index is -1.14. The number of aromatic nitrogens is 1. The standard InChI is InChI=1S/C17H14FNO2/c1-21-15-8-4-7-14(18)16(15)17(20)13-10-19-9-11-5-2-3-6-12(11)13/h2-10,17,20H,1H3. The molecule has 106 valence electrons. The SMILES string of the molecule is COc1cccc(F)c1C(O)c1cncc2ccccc12. The number of halogens is 1. The van der Waals surface area contributed by atoms with Crippen LogP contribution in [-0.4, -0.2) is 17.2 Å². The van der Waals surface area contributed by atoms with Crippen LogP contribution in [0.25, 0.3) is 10.8 Å². The molecule has 0 radical (unpaired) electrons. The number of aliphatic hydroxyl groups excluding tert-OH is 1. The molecule has 1 N–H and O–H groups in total. The van der Waals surface area contributed by atoms with Gasteiger partial charge >= 0.3 is 0 Å². The molecule has 0 saturated carbocycles. The average Bonchev–Trinajstić information content (AvgIpc) is 2.53. The topological polar surface area (TPSA) is 42.4 Å². The van der Waals surface area contributed by atoms with Crippen LogP contribution in [0, 0.1) is 5.82 Å². The van der Waals surface area contributed by atoms with Gasteiger partial charge in [-0.15, -0.1) is 0 Å². The molecular formula is C17H14FNO2. The Bertz CT molecular complexity index is 783. The molecule has 3 nitrogen and oxygen atoms in total. The van der Waals surface area contributed by atoms with E-state index >= 15 is 0 Å². The summed E-state index contributed by atoms with van der Waals surface area (Å²) in [5.41, 5.74) is 0.676. The molecular weight excluding hydrogens is 269 g/mol. The number of pyridine rings is 1. The molecule has 1 heterocycles. The summed E-state index contributed by atoms with van der Waals surface area (Å²) in [6.45, 7) is 0. The maximum atomic E-state index is 14.1. The van der Waals surface area contributed by atoms with Gasteiger partial charge < -0.3 is 9.84 Å². The molecule has 4 heteroatoms. The molecule has 0 bridgehead atoms. The van der Waals surface area contributed by atoms with Crippen LogP contribution in [0.5, 0.6) is 5.75 Å². The Balaban J connectivity index is 2.20. The highest BCUT2D eigenvalue weighted by molar-refractivity contribution is 5.85. The van der Waals surface area contributed by atoms with E-state index in [1.807, 2.05) is 24.3 Å². The van der Waals surface area contributed by atoms with Gasteiger partial charge in [0.1, 0.15) is 17.7 Å². The fourth-order valence-electron chi connectivity index (χ4n) is 2.47. The summed E-state index contributed by atoms with van der Waals surface area (Å²) in [5.74, 6) is -0.190. The Morgan fingerprint density at radius 3 is 2.71 bits per heavy atom. The number of fused-ring (bicyclic) bond motifs is 1. The Hall–Kier alpha value is -2.46. The summed E-state index contributed by atoms with van der Waals surface area (Å²) in [6, 6.07) is 12.0. The van der Waals surface area contributed by atoms with Crippen LogP contribution in [0.3, 0.4) is 0 Å². The summed E-state index contributed by atoms with van der Waals surface area (Å²) in [6.07, 6.45) is 2.13. The highest BCUT2D eigenvalue weighted by Gasteiger charge is 2.21. The van der Waals surface area contributed by atoms with Crippen molar-refractivity contribution >= 4 is 10.8 Å². The number of ether oxygens (including phenoxy) is 1. The molecule has 0 aliphatic rings. The average molecular weight is 283 g/mol. The van der Waals surface area contributed by atoms with E-state index in [0.717, 1.165) is 10.8 Å². The number of hydrogen-bond acceptors (Lipinski definition) is 3. The van der Waals surface area contributed by atoms with Crippen LogP contribution < -0.4 is 4.74 Å². The van der Waals surface area contributed by atoms with Gasteiger partial charge in [0.15, 0.2) is 0 Å². The van der Waals surface area contributed by atoms with Crippen molar-refractivity contribution in [1.82, 2.24) is 4.98 Å². The first kappa shape index (κ1) is 13.5. The van der Waals surface area contributed by atoms with Crippen LogP contribution in [0.1, 0.15) is 17.2 Å². The summed E-state index contributed by atoms with van der Waals surface area (Å²) >= 11 is 0. The molecule has 0 fully saturated rings. The zero-order valence-corrected chi connectivity index (χ0v) is 11.5. The number of aliphatic hydroxyl groups is 1. The molecule has 0 aliphatic heterocycles. The molecule has 1 aromatic heterocycles. The predicted octanol–water partition coefficient (Wildman–Crippen LogP) is 3.46. The van der Waals surface area contributed by atoms with Gasteiger partial charge in [0.2, 0.25) is 0 Å². The van der Waals surface area contributed by atoms with Gasteiger partial charge in [0.25, 0.3) is 0 Å². The number of hydrogen-bond donors (Lipinski definition) is 1. The summed E-state index contributed by atoms with van der Waals surface area (Å²) in [5, 5.41) is 12.4. The Kier molecular flexibility index (Phi) is 3.54. The Morgan fingerprint density at radius 1 is 1.10 bits per heavy atom. The molecule has 1 atom stereocenters. The second-order valence-electron chi connectivity index (χ2n) is 4.71. The lowest BCUT2D eigenvalue weighted by molar-refractivity contribution is 0.210. The third-order valence-electron chi connectivity index (χ3n) is 3.50. The Labute approximate surface area is 121 Å². The van der Waals surface area contributed by atoms with Crippen molar-refractivity contribution < 1.29 is 14.2 Å². The van der Waals surface area contributed by atoms with E-state index < -0.39 is 11.9 Å². The first-order valence-electron chi connectivity index (χ1n) is 6.55. The largest absolute Gasteiger partial charge is 0.496 e. The van der Waals surface area contributed by atoms with Crippen LogP contribution in [-0.2, 0) is 0 Å². The smallest absolute Gasteiger partial charge is 0.133 e. The first-order valence-corrected chi connectivity index (χ1v) is 6.55. The predicted molar refractivity (Wildman–Crippen MR) is 78.8 cm³/mol. The van der Waals surface area contributed by atoms with E-state index in [4.69, 9.17) is 4.74 Å². The van der Waals surface area contributed by atoms with E-state index in [1.54, 1.807) is 24.5 Å². The minimum Gasteiger partial charge on any atom is -0.496 e. The van der Waals surface area contributed by atoms with Crippen LogP contribution in [0.4, 0.5) is 4.39 Å². The maximum absolute atomic E-state index is 14.1. The van der Waals surface area contributed by atoms with Gasteiger partial charge in [-0.2, -0.15) is 0 Å². The van der Waals surface area contributed by atoms with E-state index in [-0.39, 0.29) is 5.56 Å². The lowest BCUT2D eigenvalue weighted by Crippen LogP contribution is -2.06. The monoisotopic (exact) mass is 283 g/mol. The number of methoxy groups -OCH3 is 1. The van der Waals surface area contributed by atoms with Crippen molar-refractivity contribution in [3.63, 3.8) is 0 Å². The molecule has 2 aromatic carbocycles. The highest BCUT2D eigenvalue weighted by atomic mass is 19.1. The summed E-state index contributed by atoms with van der Waals surface area (Å²) in [4.78, 5) is 4.12. The summed E-state index contributed by atoms with van der Waals surface area (Å²) < 4.78 is 19.3. The van der Waals surface area contributed by atoms with Gasteiger partial charge in [0.05, 0.1) is 12.7 Å². The fourth-order valence-corrected chi connectivity index (χ4v) is 2.47. The normalized spacial score (nSPS) is 12.3. The van der Waals surface area contributed by atoms with Gasteiger partial charge in [-0.25, -0.2) is 4.39 Å². The van der Waals surface area contributed by atoms with Crippen molar-refractivity contribution in [3.05, 3.63) is 71.8 Å². The highest BCUT2D eigenvalue weighted by Crippen LogP contribution is 2.34. The molecule has 3 rings (SSSR count). The quantitative estimate of drug-likeness (QED) is 0.800. The zero-order valence-electron chi connectivity index (χ0n) is 11.5. The number of nitrogens with zero attached hydrogens (tertiary/aromatic N) is 1. The van der Waals surface area contributed by atoms with Gasteiger partial charge in [0, 0.05) is 23.3 Å². The maximum Gasteiger partial charge on any atom is 0.133 e. The van der Waals surface area contributed by atoms with Crippen LogP contribution in [0.2, 0.25) is 0 Å². The lowest BCUT2D eigenvalue weighted by Gasteiger charge is -2.17. The van der Waals surface area contributed by atoms with Crippen molar-refractivity contribution in [2.45, 2.75) is 6.10 Å². The number of benzene rings is 2. The fraction of sp³-hybridized carbons (Fsp3) is 0.118. The lowest BCUT2D eigenvalue weighted by atomic mass is 9.97. The van der Waals surface area contributed by atoms with Crippen molar-refractivity contribution in [2.24, 2.45) is 0 Å². The molecule has 1 unspecified atom stereocenters. The van der Waals surface area contributed by atoms with Gasteiger partial charge in [-0.05, 0) is 17.5 Å².